The topological polar surface area (TPSA) is 38.7 Å². The van der Waals surface area contributed by atoms with Gasteiger partial charge in [-0.1, -0.05) is 0 Å². The molecule has 2 rings (SSSR count). The molecule has 1 heterocycles. The van der Waals surface area contributed by atoms with Crippen molar-refractivity contribution < 1.29 is 14.6 Å². The summed E-state index contributed by atoms with van der Waals surface area (Å²) < 4.78 is 11.0. The number of hydrogen-bond acceptors (Lipinski definition) is 5. The Hall–Kier alpha value is -0.520. The molecule has 0 spiro atoms. The van der Waals surface area contributed by atoms with Crippen molar-refractivity contribution in [3.8, 4) is 11.5 Å². The molecule has 1 aromatic rings. The van der Waals surface area contributed by atoms with Crippen molar-refractivity contribution >= 4 is 23.5 Å². The third-order valence-electron chi connectivity index (χ3n) is 2.73. The van der Waals surface area contributed by atoms with Gasteiger partial charge in [0.15, 0.2) is 0 Å². The fraction of sp³-hybridized carbons (Fsp3) is 0.500. The lowest BCUT2D eigenvalue weighted by Crippen LogP contribution is -2.02. The van der Waals surface area contributed by atoms with Crippen molar-refractivity contribution in [2.24, 2.45) is 0 Å². The number of aliphatic hydroxyl groups is 1. The molecule has 0 aromatic heterocycles. The highest BCUT2D eigenvalue weighted by Crippen LogP contribution is 2.51. The fourth-order valence-electron chi connectivity index (χ4n) is 1.94. The Labute approximate surface area is 110 Å². The summed E-state index contributed by atoms with van der Waals surface area (Å²) in [5.74, 6) is 3.85. The highest BCUT2D eigenvalue weighted by atomic mass is 32.2. The van der Waals surface area contributed by atoms with Crippen LogP contribution in [0.1, 0.15) is 15.7 Å². The van der Waals surface area contributed by atoms with Crippen molar-refractivity contribution in [2.45, 2.75) is 11.2 Å². The van der Waals surface area contributed by atoms with Gasteiger partial charge in [-0.15, -0.1) is 23.5 Å². The Bertz CT molecular complexity index is 390. The van der Waals surface area contributed by atoms with Gasteiger partial charge in [-0.2, -0.15) is 0 Å². The van der Waals surface area contributed by atoms with Gasteiger partial charge in [-0.3, -0.25) is 0 Å². The Kier molecular flexibility index (Phi) is 4.48. The van der Waals surface area contributed by atoms with Crippen molar-refractivity contribution in [1.29, 1.82) is 0 Å². The average Bonchev–Trinajstić information content (AvgIpc) is 2.90. The first-order valence-electron chi connectivity index (χ1n) is 5.39. The lowest BCUT2D eigenvalue weighted by molar-refractivity contribution is 0.271. The lowest BCUT2D eigenvalue weighted by Gasteiger charge is -2.19. The zero-order valence-electron chi connectivity index (χ0n) is 9.93. The van der Waals surface area contributed by atoms with E-state index in [0.29, 0.717) is 4.58 Å². The number of aliphatic hydroxyl groups excluding tert-OH is 1. The van der Waals surface area contributed by atoms with Crippen molar-refractivity contribution in [1.82, 2.24) is 0 Å². The summed E-state index contributed by atoms with van der Waals surface area (Å²) in [5.41, 5.74) is 1.92. The number of rotatable bonds is 4. The molecule has 1 N–H and O–H groups in total. The Morgan fingerprint density at radius 2 is 1.76 bits per heavy atom. The molecule has 1 aliphatic rings. The number of hydrogen-bond donors (Lipinski definition) is 1. The molecule has 1 aromatic carbocycles. The molecule has 0 radical (unpaired) electrons. The van der Waals surface area contributed by atoms with Crippen LogP contribution in [0, 0.1) is 0 Å². The molecule has 94 valence electrons. The smallest absolute Gasteiger partial charge is 0.124 e. The molecule has 0 saturated carbocycles. The first-order chi connectivity index (χ1) is 8.31. The molecule has 5 heteroatoms. The molecule has 0 atom stereocenters. The van der Waals surface area contributed by atoms with E-state index >= 15 is 0 Å². The van der Waals surface area contributed by atoms with Crippen LogP contribution in [-0.4, -0.2) is 30.8 Å². The van der Waals surface area contributed by atoms with Crippen LogP contribution in [0.5, 0.6) is 11.5 Å². The third kappa shape index (κ3) is 2.51. The summed E-state index contributed by atoms with van der Waals surface area (Å²) in [6.07, 6.45) is 0. The van der Waals surface area contributed by atoms with E-state index < -0.39 is 0 Å². The maximum absolute atomic E-state index is 9.56. The molecule has 0 amide bonds. The van der Waals surface area contributed by atoms with Crippen molar-refractivity contribution in [3.63, 3.8) is 0 Å². The van der Waals surface area contributed by atoms with Crippen LogP contribution in [-0.2, 0) is 6.61 Å². The molecule has 3 nitrogen and oxygen atoms in total. The summed E-state index contributed by atoms with van der Waals surface area (Å²) >= 11 is 3.78. The highest BCUT2D eigenvalue weighted by molar-refractivity contribution is 8.19. The minimum atomic E-state index is -0.0205. The van der Waals surface area contributed by atoms with Crippen LogP contribution in [0.15, 0.2) is 12.1 Å². The van der Waals surface area contributed by atoms with Crippen molar-refractivity contribution in [2.75, 3.05) is 25.7 Å². The van der Waals surface area contributed by atoms with Gasteiger partial charge in [-0.25, -0.2) is 0 Å². The van der Waals surface area contributed by atoms with Gasteiger partial charge in [-0.05, 0) is 12.1 Å². The van der Waals surface area contributed by atoms with Crippen LogP contribution in [0.3, 0.4) is 0 Å². The zero-order valence-corrected chi connectivity index (χ0v) is 11.6. The normalized spacial score (nSPS) is 16.2. The molecule has 17 heavy (non-hydrogen) atoms. The molecular formula is C12H16O3S2. The maximum Gasteiger partial charge on any atom is 0.124 e. The largest absolute Gasteiger partial charge is 0.496 e. The summed E-state index contributed by atoms with van der Waals surface area (Å²) in [6.45, 7) is -0.0205. The molecular weight excluding hydrogens is 256 g/mol. The molecule has 1 saturated heterocycles. The van der Waals surface area contributed by atoms with Crippen LogP contribution >= 0.6 is 23.5 Å². The second kappa shape index (κ2) is 5.89. The predicted octanol–water partition coefficient (Wildman–Crippen LogP) is 2.67. The van der Waals surface area contributed by atoms with Gasteiger partial charge in [0.25, 0.3) is 0 Å². The van der Waals surface area contributed by atoms with Crippen LogP contribution in [0.2, 0.25) is 0 Å². The number of ether oxygens (including phenoxy) is 2. The molecule has 1 fully saturated rings. The fourth-order valence-corrected chi connectivity index (χ4v) is 4.95. The van der Waals surface area contributed by atoms with E-state index in [2.05, 4.69) is 0 Å². The zero-order chi connectivity index (χ0) is 12.3. The van der Waals surface area contributed by atoms with E-state index in [0.717, 1.165) is 34.1 Å². The van der Waals surface area contributed by atoms with E-state index in [1.165, 1.54) is 0 Å². The third-order valence-corrected chi connectivity index (χ3v) is 5.76. The van der Waals surface area contributed by atoms with E-state index in [4.69, 9.17) is 9.47 Å². The Balaban J connectivity index is 2.49. The summed E-state index contributed by atoms with van der Waals surface area (Å²) in [4.78, 5) is 0. The summed E-state index contributed by atoms with van der Waals surface area (Å²) in [6, 6.07) is 3.75. The van der Waals surface area contributed by atoms with E-state index in [-0.39, 0.29) is 6.61 Å². The summed E-state index contributed by atoms with van der Waals surface area (Å²) in [5, 5.41) is 9.56. The average molecular weight is 272 g/mol. The molecule has 0 unspecified atom stereocenters. The first kappa shape index (κ1) is 12.9. The molecule has 1 aliphatic heterocycles. The molecule has 0 aliphatic carbocycles. The SMILES string of the molecule is COc1ccc(OC)c(C2SCCS2)c1CO. The number of benzene rings is 1. The minimum Gasteiger partial charge on any atom is -0.496 e. The predicted molar refractivity (Wildman–Crippen MR) is 73.1 cm³/mol. The summed E-state index contributed by atoms with van der Waals surface area (Å²) in [7, 11) is 3.29. The van der Waals surface area contributed by atoms with Gasteiger partial charge in [0.05, 0.1) is 25.4 Å². The van der Waals surface area contributed by atoms with Crippen molar-refractivity contribution in [3.05, 3.63) is 23.3 Å². The second-order valence-corrected chi connectivity index (χ2v) is 6.32. The second-order valence-electron chi connectivity index (χ2n) is 3.59. The molecule has 0 bridgehead atoms. The minimum absolute atomic E-state index is 0.0205. The Morgan fingerprint density at radius 3 is 2.29 bits per heavy atom. The highest BCUT2D eigenvalue weighted by Gasteiger charge is 2.26. The van der Waals surface area contributed by atoms with Gasteiger partial charge >= 0.3 is 0 Å². The van der Waals surface area contributed by atoms with Crippen LogP contribution in [0.4, 0.5) is 0 Å². The first-order valence-corrected chi connectivity index (χ1v) is 7.49. The van der Waals surface area contributed by atoms with E-state index in [9.17, 15) is 5.11 Å². The number of thioether (sulfide) groups is 2. The van der Waals surface area contributed by atoms with E-state index in [1.54, 1.807) is 14.2 Å². The number of methoxy groups -OCH3 is 2. The van der Waals surface area contributed by atoms with Gasteiger partial charge in [0, 0.05) is 22.6 Å². The van der Waals surface area contributed by atoms with Gasteiger partial charge in [0.2, 0.25) is 0 Å². The lowest BCUT2D eigenvalue weighted by atomic mass is 10.1. The monoisotopic (exact) mass is 272 g/mol. The standard InChI is InChI=1S/C12H16O3S2/c1-14-9-3-4-10(15-2)11(8(9)7-13)12-16-5-6-17-12/h3-4,12-13H,5-7H2,1-2H3. The van der Waals surface area contributed by atoms with Gasteiger partial charge in [0.1, 0.15) is 11.5 Å². The van der Waals surface area contributed by atoms with Crippen LogP contribution < -0.4 is 9.47 Å². The van der Waals surface area contributed by atoms with E-state index in [1.807, 2.05) is 35.7 Å². The quantitative estimate of drug-likeness (QED) is 0.912. The van der Waals surface area contributed by atoms with Gasteiger partial charge < -0.3 is 14.6 Å². The van der Waals surface area contributed by atoms with Crippen LogP contribution in [0.25, 0.3) is 0 Å². The Morgan fingerprint density at radius 1 is 1.18 bits per heavy atom. The maximum atomic E-state index is 9.56.